The van der Waals surface area contributed by atoms with Gasteiger partial charge in [-0.15, -0.1) is 11.3 Å². The molecule has 1 fully saturated rings. The van der Waals surface area contributed by atoms with Crippen molar-refractivity contribution in [2.75, 3.05) is 20.2 Å². The summed E-state index contributed by atoms with van der Waals surface area (Å²) in [6.45, 7) is 1.47. The second kappa shape index (κ2) is 7.92. The minimum atomic E-state index is 0.195. The molecule has 0 radical (unpaired) electrons. The first-order valence-electron chi connectivity index (χ1n) is 9.01. The number of piperidine rings is 1. The van der Waals surface area contributed by atoms with Crippen LogP contribution < -0.4 is 4.74 Å². The van der Waals surface area contributed by atoms with Crippen molar-refractivity contribution in [1.29, 1.82) is 0 Å². The molecular formula is C20H21N3O3S. The van der Waals surface area contributed by atoms with E-state index in [-0.39, 0.29) is 11.8 Å². The number of nitrogens with zero attached hydrogens (tertiary/aromatic N) is 3. The molecule has 4 rings (SSSR count). The molecule has 2 aromatic heterocycles. The second-order valence-corrected chi connectivity index (χ2v) is 7.63. The maximum absolute atomic E-state index is 12.4. The molecule has 0 atom stereocenters. The molecule has 27 heavy (non-hydrogen) atoms. The van der Waals surface area contributed by atoms with Crippen molar-refractivity contribution in [3.63, 3.8) is 0 Å². The number of thiophene rings is 1. The Hall–Kier alpha value is -2.67. The highest BCUT2D eigenvalue weighted by molar-refractivity contribution is 7.10. The first kappa shape index (κ1) is 17.7. The lowest BCUT2D eigenvalue weighted by atomic mass is 9.96. The number of carbonyl (C=O) groups excluding carboxylic acids is 1. The van der Waals surface area contributed by atoms with Crippen LogP contribution in [-0.4, -0.2) is 41.1 Å². The molecule has 1 amide bonds. The third kappa shape index (κ3) is 4.03. The maximum atomic E-state index is 12.4. The summed E-state index contributed by atoms with van der Waals surface area (Å²) in [4.78, 5) is 20.1. The number of methoxy groups -OCH3 is 1. The van der Waals surface area contributed by atoms with Gasteiger partial charge in [-0.3, -0.25) is 4.79 Å². The third-order valence-electron chi connectivity index (χ3n) is 4.88. The normalized spacial score (nSPS) is 15.1. The van der Waals surface area contributed by atoms with E-state index in [4.69, 9.17) is 9.26 Å². The molecule has 0 bridgehead atoms. The first-order valence-corrected chi connectivity index (χ1v) is 9.89. The van der Waals surface area contributed by atoms with E-state index in [9.17, 15) is 4.79 Å². The zero-order chi connectivity index (χ0) is 18.6. The molecule has 0 saturated carbocycles. The second-order valence-electron chi connectivity index (χ2n) is 6.60. The summed E-state index contributed by atoms with van der Waals surface area (Å²) in [5.74, 6) is 2.39. The van der Waals surface area contributed by atoms with Crippen molar-refractivity contribution < 1.29 is 14.1 Å². The maximum Gasteiger partial charge on any atom is 0.258 e. The SMILES string of the molecule is COc1cccc(-c2nc(C3CCN(C(=O)Cc4cccs4)CC3)no2)c1. The van der Waals surface area contributed by atoms with Crippen LogP contribution in [0.3, 0.4) is 0 Å². The lowest BCUT2D eigenvalue weighted by Crippen LogP contribution is -2.38. The van der Waals surface area contributed by atoms with Crippen molar-refractivity contribution in [3.05, 3.63) is 52.5 Å². The number of amides is 1. The van der Waals surface area contributed by atoms with E-state index in [0.717, 1.165) is 47.9 Å². The quantitative estimate of drug-likeness (QED) is 0.671. The number of rotatable bonds is 5. The zero-order valence-electron chi connectivity index (χ0n) is 15.1. The van der Waals surface area contributed by atoms with Crippen molar-refractivity contribution in [1.82, 2.24) is 15.0 Å². The van der Waals surface area contributed by atoms with E-state index in [1.54, 1.807) is 18.4 Å². The number of aromatic nitrogens is 2. The highest BCUT2D eigenvalue weighted by Gasteiger charge is 2.27. The van der Waals surface area contributed by atoms with Gasteiger partial charge in [0.05, 0.1) is 13.5 Å². The van der Waals surface area contributed by atoms with Gasteiger partial charge in [0, 0.05) is 29.4 Å². The fraction of sp³-hybridized carbons (Fsp3) is 0.350. The topological polar surface area (TPSA) is 68.5 Å². The molecule has 6 nitrogen and oxygen atoms in total. The summed E-state index contributed by atoms with van der Waals surface area (Å²) >= 11 is 1.63. The Morgan fingerprint density at radius 2 is 2.15 bits per heavy atom. The predicted molar refractivity (Wildman–Crippen MR) is 103 cm³/mol. The summed E-state index contributed by atoms with van der Waals surface area (Å²) in [6, 6.07) is 11.6. The molecule has 0 unspecified atom stereocenters. The van der Waals surface area contributed by atoms with Gasteiger partial charge in [-0.1, -0.05) is 17.3 Å². The van der Waals surface area contributed by atoms with Crippen molar-refractivity contribution in [3.8, 4) is 17.2 Å². The van der Waals surface area contributed by atoms with Crippen LogP contribution in [-0.2, 0) is 11.2 Å². The number of carbonyl (C=O) groups is 1. The fourth-order valence-corrected chi connectivity index (χ4v) is 4.03. The Morgan fingerprint density at radius 1 is 1.30 bits per heavy atom. The van der Waals surface area contributed by atoms with Gasteiger partial charge in [0.15, 0.2) is 5.82 Å². The largest absolute Gasteiger partial charge is 0.497 e. The first-order chi connectivity index (χ1) is 13.2. The number of hydrogen-bond acceptors (Lipinski definition) is 6. The standard InChI is InChI=1S/C20H21N3O3S/c1-25-16-5-2-4-15(12-16)20-21-19(22-26-20)14-7-9-23(10-8-14)18(24)13-17-6-3-11-27-17/h2-6,11-12,14H,7-10,13H2,1H3. The van der Waals surface area contributed by atoms with E-state index in [1.807, 2.05) is 46.7 Å². The van der Waals surface area contributed by atoms with Crippen LogP contribution in [0.4, 0.5) is 0 Å². The number of benzene rings is 1. The summed E-state index contributed by atoms with van der Waals surface area (Å²) < 4.78 is 10.7. The zero-order valence-corrected chi connectivity index (χ0v) is 15.9. The van der Waals surface area contributed by atoms with Crippen molar-refractivity contribution >= 4 is 17.2 Å². The van der Waals surface area contributed by atoms with Crippen LogP contribution in [0, 0.1) is 0 Å². The van der Waals surface area contributed by atoms with E-state index in [0.29, 0.717) is 12.3 Å². The molecule has 3 aromatic rings. The van der Waals surface area contributed by atoms with E-state index in [1.165, 1.54) is 0 Å². The molecule has 1 aromatic carbocycles. The fourth-order valence-electron chi connectivity index (χ4n) is 3.34. The molecule has 7 heteroatoms. The summed E-state index contributed by atoms with van der Waals surface area (Å²) in [5, 5.41) is 6.18. The van der Waals surface area contributed by atoms with Gasteiger partial charge in [0.2, 0.25) is 5.91 Å². The molecular weight excluding hydrogens is 362 g/mol. The minimum Gasteiger partial charge on any atom is -0.497 e. The third-order valence-corrected chi connectivity index (χ3v) is 5.75. The van der Waals surface area contributed by atoms with E-state index < -0.39 is 0 Å². The van der Waals surface area contributed by atoms with Crippen LogP contribution in [0.15, 0.2) is 46.3 Å². The molecule has 0 aliphatic carbocycles. The monoisotopic (exact) mass is 383 g/mol. The minimum absolute atomic E-state index is 0.195. The Labute approximate surface area is 161 Å². The van der Waals surface area contributed by atoms with Gasteiger partial charge in [-0.05, 0) is 42.5 Å². The van der Waals surface area contributed by atoms with Crippen molar-refractivity contribution in [2.45, 2.75) is 25.2 Å². The van der Waals surface area contributed by atoms with Crippen LogP contribution in [0.5, 0.6) is 5.75 Å². The van der Waals surface area contributed by atoms with Gasteiger partial charge in [-0.2, -0.15) is 4.98 Å². The molecule has 1 aliphatic rings. The summed E-state index contributed by atoms with van der Waals surface area (Å²) in [7, 11) is 1.63. The Kier molecular flexibility index (Phi) is 5.20. The van der Waals surface area contributed by atoms with Gasteiger partial charge < -0.3 is 14.2 Å². The lowest BCUT2D eigenvalue weighted by molar-refractivity contribution is -0.131. The highest BCUT2D eigenvalue weighted by Crippen LogP contribution is 2.29. The molecule has 0 spiro atoms. The van der Waals surface area contributed by atoms with Gasteiger partial charge in [0.1, 0.15) is 5.75 Å². The van der Waals surface area contributed by atoms with E-state index in [2.05, 4.69) is 10.1 Å². The van der Waals surface area contributed by atoms with Gasteiger partial charge in [-0.25, -0.2) is 0 Å². The number of ether oxygens (including phenoxy) is 1. The molecule has 140 valence electrons. The van der Waals surface area contributed by atoms with Crippen LogP contribution in [0.25, 0.3) is 11.5 Å². The average Bonchev–Trinajstić information content (AvgIpc) is 3.40. The van der Waals surface area contributed by atoms with Crippen LogP contribution in [0.2, 0.25) is 0 Å². The van der Waals surface area contributed by atoms with Crippen LogP contribution >= 0.6 is 11.3 Å². The smallest absolute Gasteiger partial charge is 0.258 e. The predicted octanol–water partition coefficient (Wildman–Crippen LogP) is 3.76. The highest BCUT2D eigenvalue weighted by atomic mass is 32.1. The Morgan fingerprint density at radius 3 is 2.89 bits per heavy atom. The Bertz CT molecular complexity index is 899. The van der Waals surface area contributed by atoms with Gasteiger partial charge >= 0.3 is 0 Å². The van der Waals surface area contributed by atoms with Gasteiger partial charge in [0.25, 0.3) is 5.89 Å². The molecule has 0 N–H and O–H groups in total. The summed E-state index contributed by atoms with van der Waals surface area (Å²) in [5.41, 5.74) is 0.844. The lowest BCUT2D eigenvalue weighted by Gasteiger charge is -2.30. The number of likely N-dealkylation sites (tertiary alicyclic amines) is 1. The van der Waals surface area contributed by atoms with Crippen LogP contribution in [0.1, 0.15) is 29.5 Å². The average molecular weight is 383 g/mol. The molecule has 1 aliphatic heterocycles. The number of hydrogen-bond donors (Lipinski definition) is 0. The summed E-state index contributed by atoms with van der Waals surface area (Å²) in [6.07, 6.45) is 2.20. The van der Waals surface area contributed by atoms with Crippen molar-refractivity contribution in [2.24, 2.45) is 0 Å². The molecule has 1 saturated heterocycles. The van der Waals surface area contributed by atoms with E-state index >= 15 is 0 Å². The molecule has 3 heterocycles. The Balaban J connectivity index is 1.37.